The monoisotopic (exact) mass is 337 g/mol. The minimum Gasteiger partial charge on any atom is -0.491 e. The third-order valence-electron chi connectivity index (χ3n) is 4.15. The van der Waals surface area contributed by atoms with Crippen LogP contribution in [-0.4, -0.2) is 54.2 Å². The molecule has 134 valence electrons. The van der Waals surface area contributed by atoms with E-state index in [0.29, 0.717) is 30.5 Å². The predicted octanol–water partition coefficient (Wildman–Crippen LogP) is 1.50. The van der Waals surface area contributed by atoms with E-state index >= 15 is 0 Å². The van der Waals surface area contributed by atoms with Crippen molar-refractivity contribution in [3.63, 3.8) is 0 Å². The Kier molecular flexibility index (Phi) is 7.49. The first-order valence-corrected chi connectivity index (χ1v) is 8.58. The molecule has 2 rings (SSSR count). The molecule has 0 bridgehead atoms. The number of aliphatic hydroxyl groups excluding tert-OH is 2. The first-order chi connectivity index (χ1) is 11.6. The van der Waals surface area contributed by atoms with Crippen LogP contribution in [0.15, 0.2) is 24.3 Å². The fourth-order valence-electron chi connectivity index (χ4n) is 2.74. The summed E-state index contributed by atoms with van der Waals surface area (Å²) in [6.07, 6.45) is 2.72. The summed E-state index contributed by atoms with van der Waals surface area (Å²) in [7, 11) is 0. The summed E-state index contributed by atoms with van der Waals surface area (Å²) in [6, 6.07) is 7.02. The van der Waals surface area contributed by atoms with Crippen molar-refractivity contribution in [1.82, 2.24) is 5.32 Å². The average Bonchev–Trinajstić information content (AvgIpc) is 2.60. The minimum atomic E-state index is -0.610. The van der Waals surface area contributed by atoms with Crippen molar-refractivity contribution in [2.75, 3.05) is 19.8 Å². The maximum Gasteiger partial charge on any atom is 0.338 e. The SMILES string of the molecule is CCOC(=O)c1ccc(OC[C@H](O)CNC2CCC(O)CC2)cc1. The molecule has 1 aliphatic carbocycles. The van der Waals surface area contributed by atoms with Crippen LogP contribution in [0.1, 0.15) is 43.0 Å². The van der Waals surface area contributed by atoms with Crippen LogP contribution in [0.25, 0.3) is 0 Å². The van der Waals surface area contributed by atoms with Crippen molar-refractivity contribution in [2.24, 2.45) is 0 Å². The van der Waals surface area contributed by atoms with Gasteiger partial charge < -0.3 is 25.0 Å². The highest BCUT2D eigenvalue weighted by molar-refractivity contribution is 5.89. The molecule has 0 amide bonds. The Morgan fingerprint density at radius 1 is 1.25 bits per heavy atom. The summed E-state index contributed by atoms with van der Waals surface area (Å²) in [5, 5.41) is 22.8. The lowest BCUT2D eigenvalue weighted by molar-refractivity contribution is 0.0526. The van der Waals surface area contributed by atoms with Gasteiger partial charge in [0.05, 0.1) is 18.3 Å². The smallest absolute Gasteiger partial charge is 0.338 e. The molecule has 1 atom stereocenters. The molecule has 0 radical (unpaired) electrons. The Balaban J connectivity index is 1.67. The Morgan fingerprint density at radius 2 is 1.92 bits per heavy atom. The maximum atomic E-state index is 11.6. The van der Waals surface area contributed by atoms with E-state index in [1.165, 1.54) is 0 Å². The van der Waals surface area contributed by atoms with E-state index in [1.807, 2.05) is 0 Å². The summed E-state index contributed by atoms with van der Waals surface area (Å²) in [4.78, 5) is 11.6. The minimum absolute atomic E-state index is 0.172. The van der Waals surface area contributed by atoms with E-state index < -0.39 is 6.10 Å². The van der Waals surface area contributed by atoms with Crippen LogP contribution < -0.4 is 10.1 Å². The van der Waals surface area contributed by atoms with Crippen LogP contribution in [0, 0.1) is 0 Å². The number of hydrogen-bond acceptors (Lipinski definition) is 6. The number of aliphatic hydroxyl groups is 2. The van der Waals surface area contributed by atoms with E-state index in [-0.39, 0.29) is 18.7 Å². The lowest BCUT2D eigenvalue weighted by Gasteiger charge is -2.27. The van der Waals surface area contributed by atoms with E-state index in [1.54, 1.807) is 31.2 Å². The molecule has 6 nitrogen and oxygen atoms in total. The quantitative estimate of drug-likeness (QED) is 0.623. The van der Waals surface area contributed by atoms with E-state index in [4.69, 9.17) is 9.47 Å². The number of hydrogen-bond donors (Lipinski definition) is 3. The molecule has 0 spiro atoms. The topological polar surface area (TPSA) is 88.0 Å². The van der Waals surface area contributed by atoms with Crippen molar-refractivity contribution >= 4 is 5.97 Å². The average molecular weight is 337 g/mol. The van der Waals surface area contributed by atoms with Gasteiger partial charge in [0.25, 0.3) is 0 Å². The third kappa shape index (κ3) is 6.11. The van der Waals surface area contributed by atoms with Gasteiger partial charge in [0, 0.05) is 12.6 Å². The van der Waals surface area contributed by atoms with Gasteiger partial charge in [-0.2, -0.15) is 0 Å². The molecular formula is C18H27NO5. The first kappa shape index (κ1) is 18.7. The molecule has 6 heteroatoms. The molecule has 1 aromatic rings. The van der Waals surface area contributed by atoms with Crippen molar-refractivity contribution in [2.45, 2.75) is 50.9 Å². The highest BCUT2D eigenvalue weighted by atomic mass is 16.5. The zero-order chi connectivity index (χ0) is 17.4. The highest BCUT2D eigenvalue weighted by Crippen LogP contribution is 2.18. The molecule has 0 aromatic heterocycles. The maximum absolute atomic E-state index is 11.6. The first-order valence-electron chi connectivity index (χ1n) is 8.58. The second kappa shape index (κ2) is 9.61. The van der Waals surface area contributed by atoms with Crippen molar-refractivity contribution in [1.29, 1.82) is 0 Å². The van der Waals surface area contributed by atoms with Gasteiger partial charge in [-0.25, -0.2) is 4.79 Å². The number of nitrogens with one attached hydrogen (secondary N) is 1. The number of ether oxygens (including phenoxy) is 2. The zero-order valence-corrected chi connectivity index (χ0v) is 14.1. The van der Waals surface area contributed by atoms with Gasteiger partial charge >= 0.3 is 5.97 Å². The van der Waals surface area contributed by atoms with Gasteiger partial charge in [0.1, 0.15) is 18.5 Å². The molecule has 1 fully saturated rings. The lowest BCUT2D eigenvalue weighted by atomic mass is 9.93. The number of carbonyl (C=O) groups is 1. The van der Waals surface area contributed by atoms with Gasteiger partial charge in [0.2, 0.25) is 0 Å². The number of rotatable bonds is 8. The molecule has 0 aliphatic heterocycles. The van der Waals surface area contributed by atoms with Crippen molar-refractivity contribution in [3.05, 3.63) is 29.8 Å². The van der Waals surface area contributed by atoms with Gasteiger partial charge in [-0.05, 0) is 56.9 Å². The molecule has 0 heterocycles. The third-order valence-corrected chi connectivity index (χ3v) is 4.15. The largest absolute Gasteiger partial charge is 0.491 e. The molecule has 1 aliphatic rings. The fourth-order valence-corrected chi connectivity index (χ4v) is 2.74. The van der Waals surface area contributed by atoms with Gasteiger partial charge in [-0.15, -0.1) is 0 Å². The van der Waals surface area contributed by atoms with E-state index in [9.17, 15) is 15.0 Å². The zero-order valence-electron chi connectivity index (χ0n) is 14.1. The molecule has 1 saturated carbocycles. The summed E-state index contributed by atoms with van der Waals surface area (Å²) in [5.74, 6) is 0.244. The second-order valence-electron chi connectivity index (χ2n) is 6.12. The number of esters is 1. The van der Waals surface area contributed by atoms with Gasteiger partial charge in [0.15, 0.2) is 0 Å². The van der Waals surface area contributed by atoms with Crippen LogP contribution in [0.3, 0.4) is 0 Å². The van der Waals surface area contributed by atoms with Crippen molar-refractivity contribution in [3.8, 4) is 5.75 Å². The lowest BCUT2D eigenvalue weighted by Crippen LogP contribution is -2.40. The Morgan fingerprint density at radius 3 is 2.54 bits per heavy atom. The molecule has 0 saturated heterocycles. The Hall–Kier alpha value is -1.63. The Labute approximate surface area is 142 Å². The van der Waals surface area contributed by atoms with Crippen LogP contribution in [0.4, 0.5) is 0 Å². The van der Waals surface area contributed by atoms with Gasteiger partial charge in [-0.3, -0.25) is 0 Å². The summed E-state index contributed by atoms with van der Waals surface area (Å²) >= 11 is 0. The fraction of sp³-hybridized carbons (Fsp3) is 0.611. The van der Waals surface area contributed by atoms with E-state index in [0.717, 1.165) is 25.7 Å². The second-order valence-corrected chi connectivity index (χ2v) is 6.12. The normalized spacial score (nSPS) is 22.0. The van der Waals surface area contributed by atoms with Crippen LogP contribution in [0.2, 0.25) is 0 Å². The van der Waals surface area contributed by atoms with Crippen LogP contribution in [-0.2, 0) is 4.74 Å². The number of carbonyl (C=O) groups excluding carboxylic acids is 1. The van der Waals surface area contributed by atoms with Gasteiger partial charge in [-0.1, -0.05) is 0 Å². The molecular weight excluding hydrogens is 310 g/mol. The standard InChI is InChI=1S/C18H27NO5/c1-2-23-18(22)13-3-9-17(10-4-13)24-12-16(21)11-19-14-5-7-15(20)8-6-14/h3-4,9-10,14-16,19-21H,2,5-8,11-12H2,1H3/t14?,15?,16-/m1/s1. The van der Waals surface area contributed by atoms with Crippen LogP contribution in [0.5, 0.6) is 5.75 Å². The Bertz CT molecular complexity index is 497. The predicted molar refractivity (Wildman–Crippen MR) is 90.2 cm³/mol. The van der Waals surface area contributed by atoms with Crippen molar-refractivity contribution < 1.29 is 24.5 Å². The summed E-state index contributed by atoms with van der Waals surface area (Å²) < 4.78 is 10.5. The molecule has 3 N–H and O–H groups in total. The highest BCUT2D eigenvalue weighted by Gasteiger charge is 2.19. The molecule has 1 aromatic carbocycles. The summed E-state index contributed by atoms with van der Waals surface area (Å²) in [6.45, 7) is 2.75. The number of benzene rings is 1. The molecule has 0 unspecified atom stereocenters. The molecule has 24 heavy (non-hydrogen) atoms. The van der Waals surface area contributed by atoms with Crippen LogP contribution >= 0.6 is 0 Å². The van der Waals surface area contributed by atoms with E-state index in [2.05, 4.69) is 5.32 Å². The summed E-state index contributed by atoms with van der Waals surface area (Å²) in [5.41, 5.74) is 0.478.